The maximum absolute atomic E-state index is 12.6. The summed E-state index contributed by atoms with van der Waals surface area (Å²) in [5, 5.41) is 9.06. The molecule has 7 nitrogen and oxygen atoms in total. The summed E-state index contributed by atoms with van der Waals surface area (Å²) < 4.78 is 11.0. The fourth-order valence-corrected chi connectivity index (χ4v) is 3.73. The highest BCUT2D eigenvalue weighted by Crippen LogP contribution is 2.23. The van der Waals surface area contributed by atoms with Crippen molar-refractivity contribution in [2.24, 2.45) is 0 Å². The second-order valence-corrected chi connectivity index (χ2v) is 7.83. The van der Waals surface area contributed by atoms with Crippen molar-refractivity contribution in [2.45, 2.75) is 45.1 Å². The number of benzene rings is 2. The Morgan fingerprint density at radius 3 is 2.62 bits per heavy atom. The van der Waals surface area contributed by atoms with Gasteiger partial charge in [0.1, 0.15) is 12.4 Å². The molecule has 3 N–H and O–H groups in total. The second kappa shape index (κ2) is 12.7. The minimum atomic E-state index is -0.209. The fraction of sp³-hybridized carbons (Fsp3) is 0.440. The van der Waals surface area contributed by atoms with Crippen LogP contribution in [-0.4, -0.2) is 44.2 Å². The molecule has 172 valence electrons. The van der Waals surface area contributed by atoms with Gasteiger partial charge in [-0.25, -0.2) is 0 Å². The van der Waals surface area contributed by atoms with Crippen molar-refractivity contribution >= 4 is 23.2 Å². The van der Waals surface area contributed by atoms with Gasteiger partial charge in [0.25, 0.3) is 5.91 Å². The monoisotopic (exact) mass is 439 g/mol. The van der Waals surface area contributed by atoms with Crippen LogP contribution >= 0.6 is 0 Å². The Morgan fingerprint density at radius 1 is 1.00 bits per heavy atom. The topological polar surface area (TPSA) is 88.7 Å². The lowest BCUT2D eigenvalue weighted by molar-refractivity contribution is -0.114. The first-order valence-corrected chi connectivity index (χ1v) is 11.4. The number of nitrogens with one attached hydrogen (secondary N) is 3. The zero-order valence-electron chi connectivity index (χ0n) is 18.7. The Balaban J connectivity index is 1.50. The van der Waals surface area contributed by atoms with Crippen LogP contribution in [0.2, 0.25) is 0 Å². The molecule has 1 aliphatic carbocycles. The van der Waals surface area contributed by atoms with Crippen molar-refractivity contribution in [3.8, 4) is 5.75 Å². The molecule has 0 saturated heterocycles. The molecular formula is C25H33N3O4. The summed E-state index contributed by atoms with van der Waals surface area (Å²) >= 11 is 0. The van der Waals surface area contributed by atoms with Gasteiger partial charge in [0.2, 0.25) is 5.91 Å². The van der Waals surface area contributed by atoms with Crippen molar-refractivity contribution in [2.75, 3.05) is 37.0 Å². The highest BCUT2D eigenvalue weighted by atomic mass is 16.5. The summed E-state index contributed by atoms with van der Waals surface area (Å²) in [6, 6.07) is 14.7. The molecule has 2 amide bonds. The molecule has 3 rings (SSSR count). The van der Waals surface area contributed by atoms with Gasteiger partial charge in [-0.3, -0.25) is 9.59 Å². The third-order valence-electron chi connectivity index (χ3n) is 5.36. The first-order chi connectivity index (χ1) is 15.7. The zero-order valence-corrected chi connectivity index (χ0v) is 18.7. The number of carbonyl (C=O) groups excluding carboxylic acids is 2. The van der Waals surface area contributed by atoms with Crippen LogP contribution < -0.4 is 20.7 Å². The van der Waals surface area contributed by atoms with Crippen LogP contribution in [0.4, 0.5) is 11.4 Å². The Hall–Kier alpha value is -3.06. The van der Waals surface area contributed by atoms with Gasteiger partial charge in [-0.2, -0.15) is 0 Å². The van der Waals surface area contributed by atoms with Gasteiger partial charge in [0.15, 0.2) is 0 Å². The maximum Gasteiger partial charge on any atom is 0.251 e. The van der Waals surface area contributed by atoms with Crippen molar-refractivity contribution < 1.29 is 19.1 Å². The van der Waals surface area contributed by atoms with Gasteiger partial charge in [0.05, 0.1) is 18.8 Å². The van der Waals surface area contributed by atoms with E-state index in [1.807, 2.05) is 31.2 Å². The third kappa shape index (κ3) is 7.57. The van der Waals surface area contributed by atoms with Crippen LogP contribution in [0.5, 0.6) is 5.75 Å². The molecule has 2 aromatic rings. The van der Waals surface area contributed by atoms with Gasteiger partial charge >= 0.3 is 0 Å². The van der Waals surface area contributed by atoms with Crippen molar-refractivity contribution in [1.82, 2.24) is 5.32 Å². The molecule has 0 aromatic heterocycles. The smallest absolute Gasteiger partial charge is 0.251 e. The van der Waals surface area contributed by atoms with E-state index in [4.69, 9.17) is 9.47 Å². The number of hydrogen-bond acceptors (Lipinski definition) is 5. The standard InChI is InChI=1S/C25H33N3O4/c1-2-31-15-16-32-23-14-7-6-13-22(23)26-18-24(29)27-21-12-8-9-19(17-21)25(30)28-20-10-4-3-5-11-20/h6-9,12-14,17,20,26H,2-5,10-11,15-16,18H2,1H3,(H,27,29)(H,28,30). The van der Waals surface area contributed by atoms with Gasteiger partial charge in [-0.15, -0.1) is 0 Å². The summed E-state index contributed by atoms with van der Waals surface area (Å²) in [5.74, 6) is 0.365. The molecule has 0 spiro atoms. The molecule has 1 aliphatic rings. The molecule has 7 heteroatoms. The number of carbonyl (C=O) groups is 2. The van der Waals surface area contributed by atoms with Crippen LogP contribution in [0.3, 0.4) is 0 Å². The minimum absolute atomic E-state index is 0.0737. The van der Waals surface area contributed by atoms with E-state index in [1.54, 1.807) is 24.3 Å². The van der Waals surface area contributed by atoms with E-state index in [9.17, 15) is 9.59 Å². The van der Waals surface area contributed by atoms with Gasteiger partial charge in [0, 0.05) is 23.9 Å². The summed E-state index contributed by atoms with van der Waals surface area (Å²) in [6.07, 6.45) is 5.63. The van der Waals surface area contributed by atoms with Crippen LogP contribution in [0.1, 0.15) is 49.4 Å². The molecule has 0 bridgehead atoms. The van der Waals surface area contributed by atoms with E-state index in [2.05, 4.69) is 16.0 Å². The normalized spacial score (nSPS) is 13.9. The van der Waals surface area contributed by atoms with E-state index in [0.717, 1.165) is 31.4 Å². The van der Waals surface area contributed by atoms with Gasteiger partial charge in [-0.1, -0.05) is 37.5 Å². The lowest BCUT2D eigenvalue weighted by Gasteiger charge is -2.22. The predicted molar refractivity (Wildman–Crippen MR) is 126 cm³/mol. The zero-order chi connectivity index (χ0) is 22.6. The molecule has 0 atom stereocenters. The Bertz CT molecular complexity index is 881. The molecular weight excluding hydrogens is 406 g/mol. The molecule has 32 heavy (non-hydrogen) atoms. The van der Waals surface area contributed by atoms with Crippen LogP contribution in [0.15, 0.2) is 48.5 Å². The molecule has 0 aliphatic heterocycles. The summed E-state index contributed by atoms with van der Waals surface area (Å²) in [7, 11) is 0. The molecule has 2 aromatic carbocycles. The van der Waals surface area contributed by atoms with Crippen LogP contribution in [0.25, 0.3) is 0 Å². The van der Waals surface area contributed by atoms with E-state index < -0.39 is 0 Å². The van der Waals surface area contributed by atoms with E-state index in [-0.39, 0.29) is 24.4 Å². The van der Waals surface area contributed by atoms with E-state index in [0.29, 0.717) is 36.8 Å². The number of ether oxygens (including phenoxy) is 2. The lowest BCUT2D eigenvalue weighted by Crippen LogP contribution is -2.36. The van der Waals surface area contributed by atoms with Crippen molar-refractivity contribution in [3.05, 3.63) is 54.1 Å². The van der Waals surface area contributed by atoms with Gasteiger partial charge in [-0.05, 0) is 50.1 Å². The largest absolute Gasteiger partial charge is 0.489 e. The Kier molecular flexibility index (Phi) is 9.37. The van der Waals surface area contributed by atoms with Crippen molar-refractivity contribution in [1.29, 1.82) is 0 Å². The first-order valence-electron chi connectivity index (χ1n) is 11.4. The predicted octanol–water partition coefficient (Wildman–Crippen LogP) is 4.22. The number of anilines is 2. The lowest BCUT2D eigenvalue weighted by atomic mass is 9.95. The molecule has 1 saturated carbocycles. The quantitative estimate of drug-likeness (QED) is 0.456. The maximum atomic E-state index is 12.6. The van der Waals surface area contributed by atoms with Crippen LogP contribution in [-0.2, 0) is 9.53 Å². The second-order valence-electron chi connectivity index (χ2n) is 7.83. The fourth-order valence-electron chi connectivity index (χ4n) is 3.73. The number of amides is 2. The molecule has 0 unspecified atom stereocenters. The van der Waals surface area contributed by atoms with E-state index in [1.165, 1.54) is 6.42 Å². The van der Waals surface area contributed by atoms with Gasteiger partial charge < -0.3 is 25.4 Å². The van der Waals surface area contributed by atoms with E-state index >= 15 is 0 Å². The minimum Gasteiger partial charge on any atom is -0.489 e. The molecule has 0 radical (unpaired) electrons. The summed E-state index contributed by atoms with van der Waals surface area (Å²) in [4.78, 5) is 25.0. The number of rotatable bonds is 11. The number of hydrogen-bond donors (Lipinski definition) is 3. The SMILES string of the molecule is CCOCCOc1ccccc1NCC(=O)Nc1cccc(C(=O)NC2CCCCC2)c1. The average Bonchev–Trinajstić information content (AvgIpc) is 2.82. The highest BCUT2D eigenvalue weighted by molar-refractivity contribution is 5.98. The Morgan fingerprint density at radius 2 is 1.81 bits per heavy atom. The number of para-hydroxylation sites is 2. The van der Waals surface area contributed by atoms with Crippen LogP contribution in [0, 0.1) is 0 Å². The van der Waals surface area contributed by atoms with Crippen molar-refractivity contribution in [3.63, 3.8) is 0 Å². The summed E-state index contributed by atoms with van der Waals surface area (Å²) in [6.45, 7) is 3.61. The highest BCUT2D eigenvalue weighted by Gasteiger charge is 2.17. The first kappa shape index (κ1) is 23.6. The molecule has 0 heterocycles. The summed E-state index contributed by atoms with van der Waals surface area (Å²) in [5.41, 5.74) is 1.88. The average molecular weight is 440 g/mol. The molecule has 1 fully saturated rings. The third-order valence-corrected chi connectivity index (χ3v) is 5.36. The Labute approximate surface area is 189 Å².